The first kappa shape index (κ1) is 16.4. The Morgan fingerprint density at radius 2 is 1.92 bits per heavy atom. The second kappa shape index (κ2) is 7.39. The lowest BCUT2D eigenvalue weighted by molar-refractivity contribution is 0.0600. The molecule has 2 aromatic carbocycles. The summed E-state index contributed by atoms with van der Waals surface area (Å²) < 4.78 is 6.38. The number of hydrogen-bond donors (Lipinski definition) is 1. The van der Waals surface area contributed by atoms with Gasteiger partial charge in [-0.1, -0.05) is 18.2 Å². The van der Waals surface area contributed by atoms with Crippen LogP contribution in [0.25, 0.3) is 0 Å². The molecule has 7 nitrogen and oxygen atoms in total. The number of carbonyl (C=O) groups excluding carboxylic acids is 2. The van der Waals surface area contributed by atoms with Crippen LogP contribution < -0.4 is 5.32 Å². The standard InChI is InChI=1S/C18H16N4O3/c1-25-18(24)15-3-2-4-16(9-15)21-17(23)14-7-5-13(6-8-14)10-22-12-19-11-20-22/h2-9,11-12H,10H2,1H3,(H,21,23). The minimum Gasteiger partial charge on any atom is -0.465 e. The third kappa shape index (κ3) is 4.08. The largest absolute Gasteiger partial charge is 0.465 e. The Balaban J connectivity index is 1.68. The minimum absolute atomic E-state index is 0.255. The van der Waals surface area contributed by atoms with E-state index in [1.807, 2.05) is 12.1 Å². The van der Waals surface area contributed by atoms with Crippen molar-refractivity contribution < 1.29 is 14.3 Å². The van der Waals surface area contributed by atoms with Crippen LogP contribution in [0.3, 0.4) is 0 Å². The second-order valence-corrected chi connectivity index (χ2v) is 5.32. The zero-order valence-electron chi connectivity index (χ0n) is 13.5. The summed E-state index contributed by atoms with van der Waals surface area (Å²) >= 11 is 0. The van der Waals surface area contributed by atoms with Crippen molar-refractivity contribution in [2.24, 2.45) is 0 Å². The SMILES string of the molecule is COC(=O)c1cccc(NC(=O)c2ccc(Cn3cncn3)cc2)c1. The molecular formula is C18H16N4O3. The van der Waals surface area contributed by atoms with Crippen LogP contribution in [0.15, 0.2) is 61.2 Å². The van der Waals surface area contributed by atoms with Crippen LogP contribution >= 0.6 is 0 Å². The van der Waals surface area contributed by atoms with E-state index < -0.39 is 5.97 Å². The van der Waals surface area contributed by atoms with Crippen molar-refractivity contribution in [3.8, 4) is 0 Å². The maximum atomic E-state index is 12.3. The molecule has 0 aliphatic rings. The lowest BCUT2D eigenvalue weighted by Crippen LogP contribution is -2.12. The van der Waals surface area contributed by atoms with Crippen molar-refractivity contribution in [2.45, 2.75) is 6.54 Å². The fraction of sp³-hybridized carbons (Fsp3) is 0.111. The first-order chi connectivity index (χ1) is 12.2. The quantitative estimate of drug-likeness (QED) is 0.723. The average molecular weight is 336 g/mol. The van der Waals surface area contributed by atoms with Crippen molar-refractivity contribution in [3.05, 3.63) is 77.9 Å². The highest BCUT2D eigenvalue weighted by Gasteiger charge is 2.09. The van der Waals surface area contributed by atoms with E-state index in [0.717, 1.165) is 5.56 Å². The average Bonchev–Trinajstić information content (AvgIpc) is 3.15. The van der Waals surface area contributed by atoms with Gasteiger partial charge in [0, 0.05) is 11.3 Å². The molecule has 1 aromatic heterocycles. The summed E-state index contributed by atoms with van der Waals surface area (Å²) in [6.07, 6.45) is 3.11. The van der Waals surface area contributed by atoms with Crippen molar-refractivity contribution in [1.82, 2.24) is 14.8 Å². The van der Waals surface area contributed by atoms with Crippen LogP contribution in [0.1, 0.15) is 26.3 Å². The molecule has 25 heavy (non-hydrogen) atoms. The van der Waals surface area contributed by atoms with E-state index in [0.29, 0.717) is 23.4 Å². The van der Waals surface area contributed by atoms with Gasteiger partial charge in [0.1, 0.15) is 12.7 Å². The van der Waals surface area contributed by atoms with Crippen molar-refractivity contribution in [3.63, 3.8) is 0 Å². The van der Waals surface area contributed by atoms with Crippen molar-refractivity contribution >= 4 is 17.6 Å². The number of ether oxygens (including phenoxy) is 1. The number of anilines is 1. The molecule has 1 amide bonds. The Labute approximate surface area is 144 Å². The van der Waals surface area contributed by atoms with E-state index in [4.69, 9.17) is 0 Å². The summed E-state index contributed by atoms with van der Waals surface area (Å²) in [5, 5.41) is 6.81. The molecule has 0 bridgehead atoms. The lowest BCUT2D eigenvalue weighted by Gasteiger charge is -2.08. The molecule has 3 rings (SSSR count). The molecule has 0 saturated heterocycles. The number of carbonyl (C=O) groups is 2. The van der Waals surface area contributed by atoms with E-state index in [-0.39, 0.29) is 5.91 Å². The van der Waals surface area contributed by atoms with Gasteiger partial charge in [0.2, 0.25) is 0 Å². The number of hydrogen-bond acceptors (Lipinski definition) is 5. The van der Waals surface area contributed by atoms with Crippen LogP contribution in [-0.4, -0.2) is 33.8 Å². The first-order valence-corrected chi connectivity index (χ1v) is 7.57. The third-order valence-electron chi connectivity index (χ3n) is 3.57. The molecule has 126 valence electrons. The zero-order valence-corrected chi connectivity index (χ0v) is 13.5. The summed E-state index contributed by atoms with van der Waals surface area (Å²) in [5.74, 6) is -0.706. The molecule has 3 aromatic rings. The van der Waals surface area contributed by atoms with Gasteiger partial charge >= 0.3 is 5.97 Å². The summed E-state index contributed by atoms with van der Waals surface area (Å²) in [4.78, 5) is 27.8. The molecule has 7 heteroatoms. The van der Waals surface area contributed by atoms with Gasteiger partial charge in [-0.25, -0.2) is 14.5 Å². The Hall–Kier alpha value is -3.48. The van der Waals surface area contributed by atoms with Crippen LogP contribution in [0.5, 0.6) is 0 Å². The second-order valence-electron chi connectivity index (χ2n) is 5.32. The van der Waals surface area contributed by atoms with Gasteiger partial charge in [-0.15, -0.1) is 0 Å². The van der Waals surface area contributed by atoms with E-state index >= 15 is 0 Å². The molecular weight excluding hydrogens is 320 g/mol. The van der Waals surface area contributed by atoms with Crippen LogP contribution in [0.4, 0.5) is 5.69 Å². The number of aromatic nitrogens is 3. The van der Waals surface area contributed by atoms with Crippen molar-refractivity contribution in [2.75, 3.05) is 12.4 Å². The van der Waals surface area contributed by atoms with Crippen LogP contribution in [0, 0.1) is 0 Å². The van der Waals surface area contributed by atoms with Gasteiger partial charge in [0.25, 0.3) is 5.91 Å². The Kier molecular flexibility index (Phi) is 4.84. The molecule has 0 saturated carbocycles. The maximum Gasteiger partial charge on any atom is 0.337 e. The zero-order chi connectivity index (χ0) is 17.6. The number of nitrogens with zero attached hydrogens (tertiary/aromatic N) is 3. The van der Waals surface area contributed by atoms with Gasteiger partial charge in [0.15, 0.2) is 0 Å². The Morgan fingerprint density at radius 1 is 1.12 bits per heavy atom. The Morgan fingerprint density at radius 3 is 2.60 bits per heavy atom. The van der Waals surface area contributed by atoms with E-state index in [1.54, 1.807) is 47.4 Å². The number of benzene rings is 2. The minimum atomic E-state index is -0.450. The number of nitrogens with one attached hydrogen (secondary N) is 1. The summed E-state index contributed by atoms with van der Waals surface area (Å²) in [6, 6.07) is 13.8. The van der Waals surface area contributed by atoms with Gasteiger partial charge in [-0.3, -0.25) is 4.79 Å². The maximum absolute atomic E-state index is 12.3. The van der Waals surface area contributed by atoms with Gasteiger partial charge in [-0.2, -0.15) is 5.10 Å². The predicted molar refractivity (Wildman–Crippen MR) is 91.3 cm³/mol. The smallest absolute Gasteiger partial charge is 0.337 e. The first-order valence-electron chi connectivity index (χ1n) is 7.57. The molecule has 1 heterocycles. The van der Waals surface area contributed by atoms with Crippen LogP contribution in [-0.2, 0) is 11.3 Å². The molecule has 0 unspecified atom stereocenters. The summed E-state index contributed by atoms with van der Waals surface area (Å²) in [6.45, 7) is 0.586. The van der Waals surface area contributed by atoms with Crippen molar-refractivity contribution in [1.29, 1.82) is 0 Å². The van der Waals surface area contributed by atoms with E-state index in [2.05, 4.69) is 20.1 Å². The lowest BCUT2D eigenvalue weighted by atomic mass is 10.1. The highest BCUT2D eigenvalue weighted by atomic mass is 16.5. The van der Waals surface area contributed by atoms with E-state index in [9.17, 15) is 9.59 Å². The summed E-state index contributed by atoms with van der Waals surface area (Å²) in [5.41, 5.74) is 2.43. The summed E-state index contributed by atoms with van der Waals surface area (Å²) in [7, 11) is 1.31. The number of methoxy groups -OCH3 is 1. The fourth-order valence-electron chi connectivity index (χ4n) is 2.31. The van der Waals surface area contributed by atoms with Gasteiger partial charge < -0.3 is 10.1 Å². The predicted octanol–water partition coefficient (Wildman–Crippen LogP) is 2.37. The number of amides is 1. The number of esters is 1. The van der Waals surface area contributed by atoms with Crippen LogP contribution in [0.2, 0.25) is 0 Å². The monoisotopic (exact) mass is 336 g/mol. The molecule has 0 fully saturated rings. The molecule has 0 aliphatic carbocycles. The molecule has 1 N–H and O–H groups in total. The van der Waals surface area contributed by atoms with Gasteiger partial charge in [0.05, 0.1) is 19.2 Å². The number of rotatable bonds is 5. The molecule has 0 atom stereocenters. The van der Waals surface area contributed by atoms with E-state index in [1.165, 1.54) is 13.4 Å². The Bertz CT molecular complexity index is 874. The normalized spacial score (nSPS) is 10.3. The highest BCUT2D eigenvalue weighted by Crippen LogP contribution is 2.14. The molecule has 0 spiro atoms. The third-order valence-corrected chi connectivity index (χ3v) is 3.57. The fourth-order valence-corrected chi connectivity index (χ4v) is 2.31. The molecule has 0 aliphatic heterocycles. The topological polar surface area (TPSA) is 86.1 Å². The molecule has 0 radical (unpaired) electrons. The van der Waals surface area contributed by atoms with Gasteiger partial charge in [-0.05, 0) is 35.9 Å². The highest BCUT2D eigenvalue weighted by molar-refractivity contribution is 6.04.